The van der Waals surface area contributed by atoms with E-state index in [9.17, 15) is 0 Å². The smallest absolute Gasteiger partial charge is 0.188 e. The minimum atomic E-state index is 0.685. The SMILES string of the molecule is [C-]#[N+]c1cc2ccc(-c3cc(-c4ccc5cc(C)cc-5cc4)cc(-c4ccc5cc(C)cc-5cc4)c3)ccc-2c1. The zero-order valence-electron chi connectivity index (χ0n) is 22.6. The summed E-state index contributed by atoms with van der Waals surface area (Å²) in [6.07, 6.45) is 0. The van der Waals surface area contributed by atoms with Gasteiger partial charge >= 0.3 is 0 Å². The van der Waals surface area contributed by atoms with Crippen LogP contribution in [0.5, 0.6) is 0 Å². The fourth-order valence-corrected chi connectivity index (χ4v) is 5.80. The van der Waals surface area contributed by atoms with Crippen LogP contribution in [-0.2, 0) is 0 Å². The molecule has 0 atom stereocenters. The third kappa shape index (κ3) is 4.41. The summed E-state index contributed by atoms with van der Waals surface area (Å²) in [5.41, 5.74) is 17.5. The van der Waals surface area contributed by atoms with E-state index >= 15 is 0 Å². The second-order valence-corrected chi connectivity index (χ2v) is 10.8. The third-order valence-electron chi connectivity index (χ3n) is 7.86. The van der Waals surface area contributed by atoms with Crippen LogP contribution in [0.2, 0.25) is 0 Å². The average molecular weight is 510 g/mol. The van der Waals surface area contributed by atoms with E-state index in [1.165, 1.54) is 61.2 Å². The van der Waals surface area contributed by atoms with Crippen molar-refractivity contribution >= 4 is 5.69 Å². The Balaban J connectivity index is 1.41. The molecule has 0 heterocycles. The van der Waals surface area contributed by atoms with Crippen molar-refractivity contribution in [3.05, 3.63) is 150 Å². The Hall–Kier alpha value is -5.19. The quantitative estimate of drug-likeness (QED) is 0.209. The van der Waals surface area contributed by atoms with Crippen LogP contribution in [0, 0.1) is 20.4 Å². The standard InChI is InChI=1S/C39H27N/c1-25-16-30-10-4-27(5-11-31(30)17-25)36-20-37(28-6-12-32-18-26(2)19-33(32)13-7-28)22-38(21-36)29-8-14-34-23-39(40-3)24-35(34)15-9-29/h4-24H,1-2H3. The van der Waals surface area contributed by atoms with Gasteiger partial charge < -0.3 is 0 Å². The summed E-state index contributed by atoms with van der Waals surface area (Å²) in [5.74, 6) is 0. The molecular formula is C39H27N. The molecule has 0 unspecified atom stereocenters. The topological polar surface area (TPSA) is 4.36 Å². The molecular weight excluding hydrogens is 482 g/mol. The first kappa shape index (κ1) is 23.9. The Morgan fingerprint density at radius 2 is 0.575 bits per heavy atom. The molecule has 0 saturated heterocycles. The van der Waals surface area contributed by atoms with E-state index in [4.69, 9.17) is 6.57 Å². The Kier molecular flexibility index (Phi) is 5.69. The molecule has 7 rings (SSSR count). The number of fused-ring (bicyclic) bond motifs is 3. The summed E-state index contributed by atoms with van der Waals surface area (Å²) in [6.45, 7) is 11.6. The van der Waals surface area contributed by atoms with Gasteiger partial charge in [0.15, 0.2) is 5.69 Å². The summed E-state index contributed by atoms with van der Waals surface area (Å²) in [7, 11) is 0. The molecule has 40 heavy (non-hydrogen) atoms. The van der Waals surface area contributed by atoms with Gasteiger partial charge in [0, 0.05) is 0 Å². The summed E-state index contributed by atoms with van der Waals surface area (Å²) < 4.78 is 0. The van der Waals surface area contributed by atoms with Crippen LogP contribution in [-0.4, -0.2) is 0 Å². The maximum atomic E-state index is 7.36. The number of nitrogens with zero attached hydrogens (tertiary/aromatic N) is 1. The van der Waals surface area contributed by atoms with E-state index in [0.29, 0.717) is 5.69 Å². The first-order chi connectivity index (χ1) is 19.5. The largest absolute Gasteiger partial charge is 0.238 e. The Labute approximate surface area is 235 Å². The van der Waals surface area contributed by atoms with Crippen LogP contribution < -0.4 is 0 Å². The molecule has 0 radical (unpaired) electrons. The lowest BCUT2D eigenvalue weighted by atomic mass is 9.94. The van der Waals surface area contributed by atoms with Crippen molar-refractivity contribution < 1.29 is 0 Å². The lowest BCUT2D eigenvalue weighted by molar-refractivity contribution is 1.55. The van der Waals surface area contributed by atoms with Crippen molar-refractivity contribution in [1.82, 2.24) is 0 Å². The number of rotatable bonds is 3. The first-order valence-electron chi connectivity index (χ1n) is 13.6. The van der Waals surface area contributed by atoms with Crippen LogP contribution in [0.15, 0.2) is 127 Å². The van der Waals surface area contributed by atoms with Gasteiger partial charge in [-0.25, -0.2) is 4.85 Å². The number of benzene rings is 1. The minimum Gasteiger partial charge on any atom is -0.238 e. The molecule has 6 aliphatic carbocycles. The molecule has 1 heteroatoms. The molecule has 0 aliphatic heterocycles. The summed E-state index contributed by atoms with van der Waals surface area (Å²) >= 11 is 0. The molecule has 1 nitrogen and oxygen atoms in total. The van der Waals surface area contributed by atoms with E-state index in [2.05, 4.69) is 134 Å². The van der Waals surface area contributed by atoms with E-state index in [0.717, 1.165) is 16.7 Å². The predicted octanol–water partition coefficient (Wildman–Crippen LogP) is 11.2. The van der Waals surface area contributed by atoms with Gasteiger partial charge in [-0.05, 0) is 122 Å². The maximum absolute atomic E-state index is 7.36. The molecule has 6 aliphatic rings. The molecule has 0 aromatic heterocycles. The van der Waals surface area contributed by atoms with Crippen molar-refractivity contribution in [2.24, 2.45) is 0 Å². The van der Waals surface area contributed by atoms with Crippen LogP contribution >= 0.6 is 0 Å². The van der Waals surface area contributed by atoms with Crippen LogP contribution in [0.25, 0.3) is 71.6 Å². The third-order valence-corrected chi connectivity index (χ3v) is 7.86. The van der Waals surface area contributed by atoms with Gasteiger partial charge in [0.2, 0.25) is 0 Å². The Morgan fingerprint density at radius 1 is 0.325 bits per heavy atom. The van der Waals surface area contributed by atoms with Crippen LogP contribution in [0.4, 0.5) is 5.69 Å². The molecule has 1 aromatic rings. The minimum absolute atomic E-state index is 0.685. The van der Waals surface area contributed by atoms with Crippen molar-refractivity contribution in [2.45, 2.75) is 13.8 Å². The molecule has 0 amide bonds. The molecule has 0 fully saturated rings. The summed E-state index contributed by atoms with van der Waals surface area (Å²) in [4.78, 5) is 3.60. The first-order valence-corrected chi connectivity index (χ1v) is 13.6. The second-order valence-electron chi connectivity index (χ2n) is 10.8. The van der Waals surface area contributed by atoms with Crippen molar-refractivity contribution in [1.29, 1.82) is 0 Å². The van der Waals surface area contributed by atoms with Gasteiger partial charge in [0.05, 0.1) is 6.57 Å². The zero-order chi connectivity index (χ0) is 27.2. The highest BCUT2D eigenvalue weighted by molar-refractivity contribution is 5.84. The van der Waals surface area contributed by atoms with Crippen molar-refractivity contribution in [3.8, 4) is 66.8 Å². The van der Waals surface area contributed by atoms with E-state index in [-0.39, 0.29) is 0 Å². The maximum Gasteiger partial charge on any atom is 0.188 e. The highest BCUT2D eigenvalue weighted by atomic mass is 14.6. The number of hydrogen-bond donors (Lipinski definition) is 0. The predicted molar refractivity (Wildman–Crippen MR) is 168 cm³/mol. The van der Waals surface area contributed by atoms with E-state index < -0.39 is 0 Å². The van der Waals surface area contributed by atoms with Crippen molar-refractivity contribution in [3.63, 3.8) is 0 Å². The van der Waals surface area contributed by atoms with Gasteiger partial charge in [-0.1, -0.05) is 97.1 Å². The molecule has 0 saturated carbocycles. The Morgan fingerprint density at radius 3 is 0.850 bits per heavy atom. The molecule has 1 aromatic carbocycles. The monoisotopic (exact) mass is 509 g/mol. The van der Waals surface area contributed by atoms with E-state index in [1.807, 2.05) is 12.1 Å². The highest BCUT2D eigenvalue weighted by Crippen LogP contribution is 2.37. The van der Waals surface area contributed by atoms with Gasteiger partial charge in [-0.3, -0.25) is 0 Å². The molecule has 0 bridgehead atoms. The number of hydrogen-bond acceptors (Lipinski definition) is 0. The van der Waals surface area contributed by atoms with Crippen molar-refractivity contribution in [2.75, 3.05) is 0 Å². The summed E-state index contributed by atoms with van der Waals surface area (Å²) in [6, 6.07) is 46.2. The average Bonchev–Trinajstić information content (AvgIpc) is 3.49. The summed E-state index contributed by atoms with van der Waals surface area (Å²) in [5, 5.41) is 0. The fraction of sp³-hybridized carbons (Fsp3) is 0.0513. The molecule has 0 spiro atoms. The van der Waals surface area contributed by atoms with Crippen LogP contribution in [0.1, 0.15) is 11.1 Å². The Bertz CT molecular complexity index is 1790. The normalized spacial score (nSPS) is 11.2. The molecule has 188 valence electrons. The van der Waals surface area contributed by atoms with Gasteiger partial charge in [0.25, 0.3) is 0 Å². The van der Waals surface area contributed by atoms with Gasteiger partial charge in [0.1, 0.15) is 0 Å². The van der Waals surface area contributed by atoms with Gasteiger partial charge in [-0.15, -0.1) is 0 Å². The highest BCUT2D eigenvalue weighted by Gasteiger charge is 2.11. The lowest BCUT2D eigenvalue weighted by Crippen LogP contribution is -1.84. The lowest BCUT2D eigenvalue weighted by Gasteiger charge is -2.10. The van der Waals surface area contributed by atoms with Gasteiger partial charge in [-0.2, -0.15) is 0 Å². The fourth-order valence-electron chi connectivity index (χ4n) is 5.80. The molecule has 0 N–H and O–H groups in total. The van der Waals surface area contributed by atoms with E-state index in [1.54, 1.807) is 0 Å². The zero-order valence-corrected chi connectivity index (χ0v) is 22.6. The second kappa shape index (κ2) is 9.53. The number of aryl methyl sites for hydroxylation is 2. The van der Waals surface area contributed by atoms with Crippen LogP contribution in [0.3, 0.4) is 0 Å².